The van der Waals surface area contributed by atoms with E-state index in [4.69, 9.17) is 22.1 Å². The summed E-state index contributed by atoms with van der Waals surface area (Å²) in [6.45, 7) is 6.48. The van der Waals surface area contributed by atoms with Crippen LogP contribution in [-0.4, -0.2) is 66.6 Å². The lowest BCUT2D eigenvalue weighted by Crippen LogP contribution is -2.46. The number of hydrogen-bond donors (Lipinski definition) is 2. The molecule has 2 fully saturated rings. The number of benzene rings is 1. The number of hydrogen-bond acceptors (Lipinski definition) is 6. The number of anilines is 1. The SMILES string of the molecule is COc1cc(N)c(Cl)cc1C(=O)NC1CCN(CC2CCN(Cc3cccnc3)CC2)CC1. The van der Waals surface area contributed by atoms with Gasteiger partial charge in [0.1, 0.15) is 5.75 Å². The molecule has 1 amide bonds. The third kappa shape index (κ3) is 6.37. The largest absolute Gasteiger partial charge is 0.496 e. The van der Waals surface area contributed by atoms with Crippen LogP contribution >= 0.6 is 11.6 Å². The van der Waals surface area contributed by atoms with Gasteiger partial charge in [-0.2, -0.15) is 0 Å². The molecule has 0 saturated carbocycles. The molecule has 178 valence electrons. The number of carbonyl (C=O) groups excluding carboxylic acids is 1. The van der Waals surface area contributed by atoms with Crippen molar-refractivity contribution in [2.24, 2.45) is 5.92 Å². The molecule has 2 aliphatic rings. The molecular weight excluding hydrogens is 438 g/mol. The van der Waals surface area contributed by atoms with Gasteiger partial charge in [-0.25, -0.2) is 0 Å². The molecule has 8 heteroatoms. The first-order valence-corrected chi connectivity index (χ1v) is 12.2. The third-order valence-electron chi connectivity index (χ3n) is 6.84. The molecule has 0 bridgehead atoms. The smallest absolute Gasteiger partial charge is 0.255 e. The maximum absolute atomic E-state index is 12.8. The fourth-order valence-electron chi connectivity index (χ4n) is 4.88. The summed E-state index contributed by atoms with van der Waals surface area (Å²) in [5.74, 6) is 1.04. The molecule has 3 N–H and O–H groups in total. The molecule has 0 radical (unpaired) electrons. The fourth-order valence-corrected chi connectivity index (χ4v) is 5.04. The second kappa shape index (κ2) is 11.2. The summed E-state index contributed by atoms with van der Waals surface area (Å²) in [5.41, 5.74) is 7.95. The Morgan fingerprint density at radius 2 is 1.91 bits per heavy atom. The summed E-state index contributed by atoms with van der Waals surface area (Å²) >= 11 is 6.12. The first-order valence-electron chi connectivity index (χ1n) is 11.8. The Hall–Kier alpha value is -2.35. The number of ether oxygens (including phenoxy) is 1. The average Bonchev–Trinajstić information content (AvgIpc) is 2.83. The van der Waals surface area contributed by atoms with Crippen LogP contribution in [-0.2, 0) is 6.54 Å². The molecule has 1 aromatic heterocycles. The van der Waals surface area contributed by atoms with Gasteiger partial charge in [-0.05, 0) is 62.4 Å². The highest BCUT2D eigenvalue weighted by Gasteiger charge is 2.26. The Morgan fingerprint density at radius 3 is 2.58 bits per heavy atom. The number of piperidine rings is 2. The quantitative estimate of drug-likeness (QED) is 0.602. The van der Waals surface area contributed by atoms with Crippen molar-refractivity contribution in [2.45, 2.75) is 38.3 Å². The van der Waals surface area contributed by atoms with Crippen LogP contribution in [0.25, 0.3) is 0 Å². The maximum atomic E-state index is 12.8. The number of rotatable bonds is 7. The van der Waals surface area contributed by atoms with Crippen LogP contribution in [0, 0.1) is 5.92 Å². The van der Waals surface area contributed by atoms with Gasteiger partial charge in [-0.3, -0.25) is 14.7 Å². The Balaban J connectivity index is 1.19. The second-order valence-corrected chi connectivity index (χ2v) is 9.61. The first-order chi connectivity index (χ1) is 16.0. The number of nitrogen functional groups attached to an aromatic ring is 1. The highest BCUT2D eigenvalue weighted by atomic mass is 35.5. The lowest BCUT2D eigenvalue weighted by Gasteiger charge is -2.37. The Morgan fingerprint density at radius 1 is 1.18 bits per heavy atom. The zero-order valence-corrected chi connectivity index (χ0v) is 20.1. The number of methoxy groups -OCH3 is 1. The molecule has 2 aliphatic heterocycles. The van der Waals surface area contributed by atoms with Crippen LogP contribution in [0.1, 0.15) is 41.6 Å². The fraction of sp³-hybridized carbons (Fsp3) is 0.520. The summed E-state index contributed by atoms with van der Waals surface area (Å²) in [4.78, 5) is 22.1. The normalized spacial score (nSPS) is 18.8. The number of nitrogens with zero attached hydrogens (tertiary/aromatic N) is 3. The van der Waals surface area contributed by atoms with Crippen molar-refractivity contribution < 1.29 is 9.53 Å². The lowest BCUT2D eigenvalue weighted by molar-refractivity contribution is 0.0886. The van der Waals surface area contributed by atoms with Gasteiger partial charge in [0.15, 0.2) is 0 Å². The van der Waals surface area contributed by atoms with E-state index >= 15 is 0 Å². The second-order valence-electron chi connectivity index (χ2n) is 9.20. The van der Waals surface area contributed by atoms with Gasteiger partial charge in [0, 0.05) is 50.7 Å². The van der Waals surface area contributed by atoms with Gasteiger partial charge in [0.05, 0.1) is 23.4 Å². The zero-order chi connectivity index (χ0) is 23.2. The minimum Gasteiger partial charge on any atom is -0.496 e. The lowest BCUT2D eigenvalue weighted by atomic mass is 9.94. The van der Waals surface area contributed by atoms with E-state index in [9.17, 15) is 4.79 Å². The van der Waals surface area contributed by atoms with Crippen LogP contribution < -0.4 is 15.8 Å². The summed E-state index contributed by atoms with van der Waals surface area (Å²) in [5, 5.41) is 3.52. The van der Waals surface area contributed by atoms with Crippen LogP contribution in [0.2, 0.25) is 5.02 Å². The van der Waals surface area contributed by atoms with Crippen LogP contribution in [0.15, 0.2) is 36.7 Å². The number of aromatic nitrogens is 1. The van der Waals surface area contributed by atoms with E-state index < -0.39 is 0 Å². The zero-order valence-electron chi connectivity index (χ0n) is 19.3. The van der Waals surface area contributed by atoms with Crippen molar-refractivity contribution in [1.82, 2.24) is 20.1 Å². The van der Waals surface area contributed by atoms with Crippen LogP contribution in [0.3, 0.4) is 0 Å². The Labute approximate surface area is 201 Å². The maximum Gasteiger partial charge on any atom is 0.255 e. The van der Waals surface area contributed by atoms with Gasteiger partial charge in [0.25, 0.3) is 5.91 Å². The number of amides is 1. The van der Waals surface area contributed by atoms with Gasteiger partial charge < -0.3 is 20.7 Å². The van der Waals surface area contributed by atoms with E-state index in [1.807, 2.05) is 18.5 Å². The van der Waals surface area contributed by atoms with Crippen molar-refractivity contribution in [3.8, 4) is 5.75 Å². The van der Waals surface area contributed by atoms with Gasteiger partial charge >= 0.3 is 0 Å². The molecule has 7 nitrogen and oxygen atoms in total. The molecule has 4 rings (SSSR count). The van der Waals surface area contributed by atoms with Crippen molar-refractivity contribution in [1.29, 1.82) is 0 Å². The topological polar surface area (TPSA) is 83.7 Å². The Kier molecular flexibility index (Phi) is 8.06. The van der Waals surface area contributed by atoms with E-state index in [0.717, 1.165) is 58.0 Å². The standard InChI is InChI=1S/C25H34ClN5O2/c1-33-24-14-23(27)22(26)13-21(24)25(32)29-20-6-11-31(12-7-20)16-18-4-9-30(10-5-18)17-19-3-2-8-28-15-19/h2-3,8,13-15,18,20H,4-7,9-12,16-17,27H2,1H3,(H,29,32). The van der Waals surface area contributed by atoms with E-state index in [1.165, 1.54) is 25.5 Å². The number of pyridine rings is 1. The number of carbonyl (C=O) groups is 1. The average molecular weight is 472 g/mol. The molecule has 0 atom stereocenters. The monoisotopic (exact) mass is 471 g/mol. The highest BCUT2D eigenvalue weighted by molar-refractivity contribution is 6.33. The van der Waals surface area contributed by atoms with Gasteiger partial charge in [0.2, 0.25) is 0 Å². The van der Waals surface area contributed by atoms with E-state index in [1.54, 1.807) is 12.1 Å². The molecule has 33 heavy (non-hydrogen) atoms. The number of likely N-dealkylation sites (tertiary alicyclic amines) is 2. The molecule has 2 aromatic rings. The summed E-state index contributed by atoms with van der Waals surface area (Å²) in [6.07, 6.45) is 8.19. The predicted octanol–water partition coefficient (Wildman–Crippen LogP) is 3.43. The molecule has 0 unspecified atom stereocenters. The number of nitrogens with one attached hydrogen (secondary N) is 1. The van der Waals surface area contributed by atoms with Crippen molar-refractivity contribution in [2.75, 3.05) is 45.6 Å². The first kappa shape index (κ1) is 23.8. The number of halogens is 1. The Bertz CT molecular complexity index is 926. The van der Waals surface area contributed by atoms with Gasteiger partial charge in [-0.15, -0.1) is 0 Å². The number of nitrogens with two attached hydrogens (primary N) is 1. The minimum absolute atomic E-state index is 0.159. The molecular formula is C25H34ClN5O2. The summed E-state index contributed by atoms with van der Waals surface area (Å²) in [6, 6.07) is 7.51. The minimum atomic E-state index is -0.159. The van der Waals surface area contributed by atoms with E-state index in [-0.39, 0.29) is 11.9 Å². The molecule has 3 heterocycles. The van der Waals surface area contributed by atoms with Crippen molar-refractivity contribution in [3.05, 3.63) is 52.8 Å². The van der Waals surface area contributed by atoms with Crippen LogP contribution in [0.5, 0.6) is 5.75 Å². The van der Waals surface area contributed by atoms with Gasteiger partial charge in [-0.1, -0.05) is 17.7 Å². The third-order valence-corrected chi connectivity index (χ3v) is 7.17. The molecule has 0 spiro atoms. The molecule has 1 aromatic carbocycles. The van der Waals surface area contributed by atoms with E-state index in [2.05, 4.69) is 26.2 Å². The van der Waals surface area contributed by atoms with E-state index in [0.29, 0.717) is 22.0 Å². The van der Waals surface area contributed by atoms with Crippen molar-refractivity contribution >= 4 is 23.2 Å². The summed E-state index contributed by atoms with van der Waals surface area (Å²) < 4.78 is 5.32. The van der Waals surface area contributed by atoms with Crippen molar-refractivity contribution in [3.63, 3.8) is 0 Å². The molecule has 2 saturated heterocycles. The highest BCUT2D eigenvalue weighted by Crippen LogP contribution is 2.29. The van der Waals surface area contributed by atoms with Crippen LogP contribution in [0.4, 0.5) is 5.69 Å². The summed E-state index contributed by atoms with van der Waals surface area (Å²) in [7, 11) is 1.53. The predicted molar refractivity (Wildman–Crippen MR) is 132 cm³/mol. The molecule has 0 aliphatic carbocycles.